The number of carbonyl (C=O) groups is 2. The molecule has 1 N–H and O–H groups in total. The molecule has 8 heteroatoms. The Balaban J connectivity index is 2.14. The van der Waals surface area contributed by atoms with Crippen molar-refractivity contribution < 1.29 is 14.0 Å². The van der Waals surface area contributed by atoms with Crippen LogP contribution in [0.2, 0.25) is 10.0 Å². The summed E-state index contributed by atoms with van der Waals surface area (Å²) in [6.07, 6.45) is 0.786. The quantitative estimate of drug-likeness (QED) is 0.470. The van der Waals surface area contributed by atoms with Crippen LogP contribution in [0.4, 0.5) is 4.39 Å². The Morgan fingerprint density at radius 1 is 1.13 bits per heavy atom. The first-order valence-corrected chi connectivity index (χ1v) is 12.0. The van der Waals surface area contributed by atoms with Crippen molar-refractivity contribution in [1.29, 1.82) is 0 Å². The van der Waals surface area contributed by atoms with Crippen LogP contribution in [-0.4, -0.2) is 34.6 Å². The molecule has 0 saturated heterocycles. The van der Waals surface area contributed by atoms with Crippen LogP contribution in [0.15, 0.2) is 42.5 Å². The van der Waals surface area contributed by atoms with Gasteiger partial charge in [-0.2, -0.15) is 0 Å². The van der Waals surface area contributed by atoms with E-state index in [-0.39, 0.29) is 36.0 Å². The van der Waals surface area contributed by atoms with Gasteiger partial charge in [0.1, 0.15) is 11.9 Å². The van der Waals surface area contributed by atoms with Gasteiger partial charge < -0.3 is 10.2 Å². The molecule has 4 nitrogen and oxygen atoms in total. The number of nitrogens with one attached hydrogen (secondary N) is 1. The fourth-order valence-corrected chi connectivity index (χ4v) is 4.19. The topological polar surface area (TPSA) is 49.4 Å². The number of halogens is 3. The second-order valence-corrected chi connectivity index (χ2v) is 9.16. The highest BCUT2D eigenvalue weighted by molar-refractivity contribution is 7.99. The fourth-order valence-electron chi connectivity index (χ4n) is 2.83. The normalized spacial score (nSPS) is 12.8. The van der Waals surface area contributed by atoms with Gasteiger partial charge in [-0.3, -0.25) is 9.59 Å². The van der Waals surface area contributed by atoms with Gasteiger partial charge in [0.15, 0.2) is 0 Å². The van der Waals surface area contributed by atoms with E-state index in [2.05, 4.69) is 5.32 Å². The average Bonchev–Trinajstić information content (AvgIpc) is 2.73. The molecule has 31 heavy (non-hydrogen) atoms. The first-order valence-electron chi connectivity index (χ1n) is 10.1. The van der Waals surface area contributed by atoms with E-state index in [9.17, 15) is 14.0 Å². The summed E-state index contributed by atoms with van der Waals surface area (Å²) in [4.78, 5) is 27.3. The van der Waals surface area contributed by atoms with Gasteiger partial charge in [0.25, 0.3) is 0 Å². The largest absolute Gasteiger partial charge is 0.352 e. The molecule has 0 bridgehead atoms. The van der Waals surface area contributed by atoms with E-state index in [1.165, 1.54) is 22.7 Å². The smallest absolute Gasteiger partial charge is 0.242 e. The zero-order valence-corrected chi connectivity index (χ0v) is 20.2. The molecule has 2 atom stereocenters. The fraction of sp³-hybridized carbons (Fsp3) is 0.391. The Bertz CT molecular complexity index is 913. The molecule has 0 spiro atoms. The summed E-state index contributed by atoms with van der Waals surface area (Å²) < 4.78 is 13.8. The lowest BCUT2D eigenvalue weighted by Gasteiger charge is -2.30. The third kappa shape index (κ3) is 7.70. The standard InChI is InChI=1S/C23H27Cl2FN2O2S/c1-4-15(2)27-23(30)16(3)28(12-17-9-10-19(24)11-20(17)25)22(29)14-31-13-18-7-5-6-8-21(18)26/h5-11,15-16H,4,12-14H2,1-3H3,(H,27,30)/t15-,16-/m0/s1. The summed E-state index contributed by atoms with van der Waals surface area (Å²) in [6.45, 7) is 5.76. The number of rotatable bonds is 10. The van der Waals surface area contributed by atoms with E-state index in [1.54, 1.807) is 43.3 Å². The molecule has 2 aromatic carbocycles. The van der Waals surface area contributed by atoms with Gasteiger partial charge >= 0.3 is 0 Å². The van der Waals surface area contributed by atoms with Crippen molar-refractivity contribution in [3.05, 3.63) is 69.5 Å². The summed E-state index contributed by atoms with van der Waals surface area (Å²) in [7, 11) is 0. The maximum atomic E-state index is 13.8. The van der Waals surface area contributed by atoms with Crippen molar-refractivity contribution in [2.24, 2.45) is 0 Å². The number of hydrogen-bond donors (Lipinski definition) is 1. The predicted molar refractivity (Wildman–Crippen MR) is 127 cm³/mol. The molecular weight excluding hydrogens is 458 g/mol. The van der Waals surface area contributed by atoms with E-state index in [0.717, 1.165) is 6.42 Å². The Kier molecular flexibility index (Phi) is 10.1. The van der Waals surface area contributed by atoms with Gasteiger partial charge in [-0.25, -0.2) is 4.39 Å². The van der Waals surface area contributed by atoms with Gasteiger partial charge in [-0.15, -0.1) is 11.8 Å². The van der Waals surface area contributed by atoms with Crippen molar-refractivity contribution in [2.75, 3.05) is 5.75 Å². The highest BCUT2D eigenvalue weighted by Crippen LogP contribution is 2.24. The van der Waals surface area contributed by atoms with Crippen LogP contribution in [0.1, 0.15) is 38.3 Å². The highest BCUT2D eigenvalue weighted by atomic mass is 35.5. The highest BCUT2D eigenvalue weighted by Gasteiger charge is 2.27. The van der Waals surface area contributed by atoms with E-state index < -0.39 is 6.04 Å². The number of hydrogen-bond acceptors (Lipinski definition) is 3. The Labute approximate surface area is 197 Å². The maximum absolute atomic E-state index is 13.8. The minimum absolute atomic E-state index is 0.00135. The van der Waals surface area contributed by atoms with E-state index >= 15 is 0 Å². The molecule has 0 aliphatic heterocycles. The summed E-state index contributed by atoms with van der Waals surface area (Å²) in [5.41, 5.74) is 1.23. The van der Waals surface area contributed by atoms with Crippen LogP contribution < -0.4 is 5.32 Å². The minimum Gasteiger partial charge on any atom is -0.352 e. The van der Waals surface area contributed by atoms with Crippen molar-refractivity contribution >= 4 is 46.8 Å². The van der Waals surface area contributed by atoms with Crippen LogP contribution in [0, 0.1) is 5.82 Å². The number of benzene rings is 2. The monoisotopic (exact) mass is 484 g/mol. The maximum Gasteiger partial charge on any atom is 0.242 e. The van der Waals surface area contributed by atoms with Crippen LogP contribution in [0.3, 0.4) is 0 Å². The summed E-state index contributed by atoms with van der Waals surface area (Å²) in [6, 6.07) is 10.8. The van der Waals surface area contributed by atoms with Gasteiger partial charge in [0.2, 0.25) is 11.8 Å². The molecule has 0 fully saturated rings. The zero-order chi connectivity index (χ0) is 23.0. The Morgan fingerprint density at radius 3 is 2.48 bits per heavy atom. The van der Waals surface area contributed by atoms with Gasteiger partial charge in [-0.1, -0.05) is 54.4 Å². The minimum atomic E-state index is -0.692. The molecule has 0 unspecified atom stereocenters. The molecule has 0 aromatic heterocycles. The van der Waals surface area contributed by atoms with Gasteiger partial charge in [0.05, 0.1) is 5.75 Å². The molecule has 2 rings (SSSR count). The molecule has 2 aromatic rings. The van der Waals surface area contributed by atoms with Crippen LogP contribution in [0.5, 0.6) is 0 Å². The first kappa shape index (κ1) is 25.5. The summed E-state index contributed by atoms with van der Waals surface area (Å²) in [5, 5.41) is 3.84. The second kappa shape index (κ2) is 12.3. The number of carbonyl (C=O) groups excluding carboxylic acids is 2. The predicted octanol–water partition coefficient (Wildman–Crippen LogP) is 5.70. The zero-order valence-electron chi connectivity index (χ0n) is 17.8. The lowest BCUT2D eigenvalue weighted by atomic mass is 10.1. The molecule has 0 heterocycles. The van der Waals surface area contributed by atoms with Gasteiger partial charge in [0, 0.05) is 28.4 Å². The molecule has 2 amide bonds. The molecule has 0 aliphatic rings. The van der Waals surface area contributed by atoms with Crippen molar-refractivity contribution in [3.63, 3.8) is 0 Å². The molecule has 0 aliphatic carbocycles. The van der Waals surface area contributed by atoms with Crippen molar-refractivity contribution in [1.82, 2.24) is 10.2 Å². The number of thioether (sulfide) groups is 1. The third-order valence-corrected chi connectivity index (χ3v) is 6.52. The molecule has 0 saturated carbocycles. The van der Waals surface area contributed by atoms with Crippen LogP contribution in [0.25, 0.3) is 0 Å². The van der Waals surface area contributed by atoms with Gasteiger partial charge in [-0.05, 0) is 49.6 Å². The second-order valence-electron chi connectivity index (χ2n) is 7.34. The van der Waals surface area contributed by atoms with Crippen LogP contribution >= 0.6 is 35.0 Å². The molecule has 168 valence electrons. The summed E-state index contributed by atoms with van der Waals surface area (Å²) in [5.74, 6) is -0.276. The van der Waals surface area contributed by atoms with Crippen molar-refractivity contribution in [2.45, 2.75) is 51.6 Å². The average molecular weight is 485 g/mol. The molecular formula is C23H27Cl2FN2O2S. The lowest BCUT2D eigenvalue weighted by molar-refractivity contribution is -0.138. The number of nitrogens with zero attached hydrogens (tertiary/aromatic N) is 1. The third-order valence-electron chi connectivity index (χ3n) is 4.97. The van der Waals surface area contributed by atoms with Crippen molar-refractivity contribution in [3.8, 4) is 0 Å². The van der Waals surface area contributed by atoms with E-state index in [4.69, 9.17) is 23.2 Å². The van der Waals surface area contributed by atoms with E-state index in [0.29, 0.717) is 26.9 Å². The summed E-state index contributed by atoms with van der Waals surface area (Å²) >= 11 is 13.6. The first-order chi connectivity index (χ1) is 14.7. The SMILES string of the molecule is CC[C@H](C)NC(=O)[C@H](C)N(Cc1ccc(Cl)cc1Cl)C(=O)CSCc1ccccc1F. The van der Waals surface area contributed by atoms with Crippen LogP contribution in [-0.2, 0) is 21.9 Å². The lowest BCUT2D eigenvalue weighted by Crippen LogP contribution is -2.50. The molecule has 0 radical (unpaired) electrons. The van der Waals surface area contributed by atoms with E-state index in [1.807, 2.05) is 13.8 Å². The Hall–Kier alpha value is -1.76. The number of amides is 2. The Morgan fingerprint density at radius 2 is 1.84 bits per heavy atom.